The summed E-state index contributed by atoms with van der Waals surface area (Å²) in [5.41, 5.74) is 14.5. The van der Waals surface area contributed by atoms with Crippen molar-refractivity contribution in [2.24, 2.45) is 11.8 Å². The van der Waals surface area contributed by atoms with Crippen LogP contribution in [0.25, 0.3) is 55.9 Å². The van der Waals surface area contributed by atoms with Crippen molar-refractivity contribution >= 4 is 31.9 Å². The molecule has 2 fully saturated rings. The van der Waals surface area contributed by atoms with Crippen LogP contribution in [0.1, 0.15) is 97.5 Å². The number of aromatic nitrogens is 2. The van der Waals surface area contributed by atoms with Crippen LogP contribution >= 0.6 is 19.5 Å². The minimum absolute atomic E-state index is 0.182. The van der Waals surface area contributed by atoms with Crippen LogP contribution in [-0.4, -0.2) is 52.7 Å². The third-order valence-corrected chi connectivity index (χ3v) is 18.0. The fourth-order valence-corrected chi connectivity index (χ4v) is 14.7. The molecule has 0 spiro atoms. The average Bonchev–Trinajstić information content (AvgIpc) is 3.46. The largest absolute Gasteiger partial charge is 0.496 e. The van der Waals surface area contributed by atoms with Gasteiger partial charge in [-0.05, 0) is 143 Å². The minimum atomic E-state index is -1.13. The van der Waals surface area contributed by atoms with Crippen molar-refractivity contribution in [1.29, 1.82) is 0 Å². The number of pyridine rings is 2. The molecule has 10 rings (SSSR count). The predicted molar refractivity (Wildman–Crippen MR) is 329 cm³/mol. The highest BCUT2D eigenvalue weighted by atomic mass is 35.5. The predicted octanol–water partition coefficient (Wildman–Crippen LogP) is 17.9. The molecule has 0 atom stereocenters. The highest BCUT2D eigenvalue weighted by Crippen LogP contribution is 2.57. The number of rotatable bonds is 14. The van der Waals surface area contributed by atoms with Crippen LogP contribution < -0.4 is 14.8 Å². The van der Waals surface area contributed by atoms with E-state index >= 15 is 0 Å². The summed E-state index contributed by atoms with van der Waals surface area (Å²) in [7, 11) is 2.23. The monoisotopic (exact) mass is 1060 g/mol. The highest BCUT2D eigenvalue weighted by molar-refractivity contribution is 7.67. The van der Waals surface area contributed by atoms with Gasteiger partial charge in [0.1, 0.15) is 11.5 Å². The lowest BCUT2D eigenvalue weighted by Gasteiger charge is -2.39. The first-order chi connectivity index (χ1) is 37.5. The van der Waals surface area contributed by atoms with Gasteiger partial charge in [-0.1, -0.05) is 219 Å². The smallest absolute Gasteiger partial charge is 0.451 e. The van der Waals surface area contributed by atoms with Crippen LogP contribution in [0.5, 0.6) is 11.5 Å². The number of ether oxygens (including phenoxy) is 2. The van der Waals surface area contributed by atoms with Gasteiger partial charge < -0.3 is 19.5 Å². The Hall–Kier alpha value is -6.08. The number of nitrogens with zero attached hydrogens (tertiary/aromatic N) is 2. The Morgan fingerprint density at radius 1 is 0.519 bits per heavy atom. The number of halogens is 1. The number of hydrogen-bond donors (Lipinski definition) is 2. The molecular formula is C68H79BClN2O4P. The third-order valence-electron chi connectivity index (χ3n) is 14.2. The molecule has 0 unspecified atom stereocenters. The number of methoxy groups -OCH3 is 2. The quantitative estimate of drug-likeness (QED) is 0.0834. The molecule has 0 saturated heterocycles. The zero-order valence-corrected chi connectivity index (χ0v) is 47.9. The Labute approximate surface area is 467 Å². The Bertz CT molecular complexity index is 2930. The molecule has 77 heavy (non-hydrogen) atoms. The summed E-state index contributed by atoms with van der Waals surface area (Å²) in [6.45, 7) is 8.35. The summed E-state index contributed by atoms with van der Waals surface area (Å²) < 4.78 is 11.6. The molecule has 2 aliphatic carbocycles. The van der Waals surface area contributed by atoms with Crippen molar-refractivity contribution < 1.29 is 19.5 Å². The fourth-order valence-electron chi connectivity index (χ4n) is 10.6. The molecule has 2 aromatic heterocycles. The van der Waals surface area contributed by atoms with Crippen molar-refractivity contribution in [3.63, 3.8) is 0 Å². The summed E-state index contributed by atoms with van der Waals surface area (Å²) in [6.07, 6.45) is 19.4. The van der Waals surface area contributed by atoms with Gasteiger partial charge in [-0.3, -0.25) is 9.97 Å². The lowest BCUT2D eigenvalue weighted by Crippen LogP contribution is -2.27. The lowest BCUT2D eigenvalue weighted by molar-refractivity contribution is 0.394. The molecule has 2 aliphatic rings. The second-order valence-electron chi connectivity index (χ2n) is 21.1. The average molecular weight is 1070 g/mol. The van der Waals surface area contributed by atoms with Crippen molar-refractivity contribution in [1.82, 2.24) is 9.97 Å². The van der Waals surface area contributed by atoms with Gasteiger partial charge in [-0.25, -0.2) is 0 Å². The van der Waals surface area contributed by atoms with E-state index in [1.165, 1.54) is 97.6 Å². The van der Waals surface area contributed by atoms with E-state index in [1.807, 2.05) is 68.6 Å². The topological polar surface area (TPSA) is 84.7 Å². The van der Waals surface area contributed by atoms with Crippen molar-refractivity contribution in [3.8, 4) is 67.4 Å². The van der Waals surface area contributed by atoms with Gasteiger partial charge in [0.05, 0.1) is 31.2 Å². The van der Waals surface area contributed by atoms with Gasteiger partial charge in [-0.15, -0.1) is 0 Å². The van der Waals surface area contributed by atoms with Gasteiger partial charge in [-0.2, -0.15) is 0 Å². The Balaban J connectivity index is 0.000000161. The summed E-state index contributed by atoms with van der Waals surface area (Å²) >= 11 is 6.01. The van der Waals surface area contributed by atoms with E-state index in [2.05, 4.69) is 145 Å². The summed E-state index contributed by atoms with van der Waals surface area (Å²) in [5, 5.41) is 18.8. The molecule has 6 aromatic carbocycles. The highest BCUT2D eigenvalue weighted by Gasteiger charge is 2.34. The van der Waals surface area contributed by atoms with Crippen molar-refractivity contribution in [2.45, 2.75) is 116 Å². The van der Waals surface area contributed by atoms with Crippen LogP contribution in [0.15, 0.2) is 188 Å². The lowest BCUT2D eigenvalue weighted by atomic mass is 9.80. The van der Waals surface area contributed by atoms with Gasteiger partial charge in [0.25, 0.3) is 0 Å². The van der Waals surface area contributed by atoms with Crippen LogP contribution in [0.2, 0.25) is 11.3 Å². The molecule has 2 saturated carbocycles. The molecule has 0 radical (unpaired) electrons. The van der Waals surface area contributed by atoms with Crippen molar-refractivity contribution in [2.75, 3.05) is 14.2 Å². The molecular weight excluding hydrogens is 986 g/mol. The fraction of sp³-hybridized carbons (Fsp3) is 0.324. The summed E-state index contributed by atoms with van der Waals surface area (Å²) in [6, 6.07) is 61.0. The summed E-state index contributed by atoms with van der Waals surface area (Å²) in [5.74, 6) is 2.87. The maximum absolute atomic E-state index is 8.28. The second kappa shape index (κ2) is 30.8. The van der Waals surface area contributed by atoms with E-state index in [0.717, 1.165) is 57.3 Å². The van der Waals surface area contributed by atoms with Crippen LogP contribution in [0.3, 0.4) is 0 Å². The third kappa shape index (κ3) is 17.7. The first kappa shape index (κ1) is 58.6. The maximum Gasteiger partial charge on any atom is 0.451 e. The van der Waals surface area contributed by atoms with Gasteiger partial charge in [0.2, 0.25) is 0 Å². The molecule has 2 heterocycles. The van der Waals surface area contributed by atoms with Crippen LogP contribution in [-0.2, 0) is 6.42 Å². The molecule has 2 N–H and O–H groups in total. The molecule has 9 heteroatoms. The van der Waals surface area contributed by atoms with E-state index in [1.54, 1.807) is 31.8 Å². The summed E-state index contributed by atoms with van der Waals surface area (Å²) in [4.78, 5) is 9.00. The zero-order valence-electron chi connectivity index (χ0n) is 46.2. The standard InChI is InChI=1S/C26H35O2P.C21H21N.C17H12ClN.C4H11BO2/c1-27-23-17-11-18-24(28-2)26(23)22-16-9-10-19-25(22)29(20-12-5-3-6-13-20)21-14-7-4-8-15-21;1-16(2)13-17-11-12-21(22-15-17)20-10-6-9-19(14-20)18-7-4-3-5-8-18;18-16-9-10-19-17(12-16)15-8-4-7-14(11-15)13-5-2-1-3-6-13;1-4(2)3-5(6)7/h9-11,16-21H,3-8,12-15H2,1-2H3;3-12,14-16H,13H2,1-2H3;1-12H;4,6-7H,3H2,1-2H3. The SMILES string of the molecule is CC(C)CB(O)O.CC(C)Cc1ccc(-c2cccc(-c3ccccc3)c2)nc1.COc1cccc(OC)c1-c1ccccc1P(C1CCCCC1)C1CCCCC1.Clc1ccnc(-c2cccc(-c3ccccc3)c2)c1. The van der Waals surface area contributed by atoms with Gasteiger partial charge >= 0.3 is 7.12 Å². The molecule has 0 aliphatic heterocycles. The normalized spacial score (nSPS) is 13.6. The second-order valence-corrected chi connectivity index (χ2v) is 24.3. The number of hydrogen-bond acceptors (Lipinski definition) is 6. The van der Waals surface area contributed by atoms with Crippen LogP contribution in [0.4, 0.5) is 0 Å². The molecule has 0 amide bonds. The Kier molecular flexibility index (Phi) is 23.4. The van der Waals surface area contributed by atoms with Gasteiger partial charge in [0.15, 0.2) is 0 Å². The first-order valence-corrected chi connectivity index (χ1v) is 29.7. The van der Waals surface area contributed by atoms with E-state index in [4.69, 9.17) is 31.1 Å². The van der Waals surface area contributed by atoms with E-state index in [9.17, 15) is 0 Å². The molecule has 8 aromatic rings. The zero-order chi connectivity index (χ0) is 54.4. The first-order valence-electron chi connectivity index (χ1n) is 27.8. The van der Waals surface area contributed by atoms with Gasteiger partial charge in [0, 0.05) is 28.5 Å². The van der Waals surface area contributed by atoms with Crippen LogP contribution in [0, 0.1) is 11.8 Å². The minimum Gasteiger partial charge on any atom is -0.496 e. The van der Waals surface area contributed by atoms with Crippen molar-refractivity contribution in [3.05, 3.63) is 199 Å². The van der Waals surface area contributed by atoms with E-state index < -0.39 is 7.12 Å². The number of benzene rings is 6. The molecule has 400 valence electrons. The Morgan fingerprint density at radius 2 is 1.01 bits per heavy atom. The molecule has 0 bridgehead atoms. The maximum atomic E-state index is 8.28. The van der Waals surface area contributed by atoms with E-state index in [-0.39, 0.29) is 7.92 Å². The molecule has 6 nitrogen and oxygen atoms in total. The Morgan fingerprint density at radius 3 is 1.48 bits per heavy atom. The van der Waals surface area contributed by atoms with E-state index in [0.29, 0.717) is 23.2 Å².